The minimum absolute atomic E-state index is 0.322. The van der Waals surface area contributed by atoms with E-state index in [9.17, 15) is 18.0 Å². The highest BCUT2D eigenvalue weighted by Crippen LogP contribution is 2.43. The summed E-state index contributed by atoms with van der Waals surface area (Å²) in [6.45, 7) is 4.00. The molecule has 2 atom stereocenters. The van der Waals surface area contributed by atoms with Gasteiger partial charge in [0.05, 0.1) is 11.1 Å². The maximum absolute atomic E-state index is 12.6. The van der Waals surface area contributed by atoms with Crippen molar-refractivity contribution in [2.45, 2.75) is 32.2 Å². The Morgan fingerprint density at radius 3 is 2.29 bits per heavy atom. The van der Waals surface area contributed by atoms with Crippen LogP contribution in [0.2, 0.25) is 0 Å². The largest absolute Gasteiger partial charge is 0.416 e. The molecule has 2 rings (SSSR count). The van der Waals surface area contributed by atoms with E-state index in [0.29, 0.717) is 0 Å². The normalized spacial score (nSPS) is 25.8. The second-order valence-corrected chi connectivity index (χ2v) is 3.27. The number of carbonyl (C=O) groups excluding carboxylic acids is 1. The third-order valence-electron chi connectivity index (χ3n) is 2.39. The number of nitrogens with one attached hydrogen (secondary N) is 1. The smallest absolute Gasteiger partial charge is 0.357 e. The van der Waals surface area contributed by atoms with Crippen LogP contribution in [-0.4, -0.2) is 31.3 Å². The Bertz CT molecular complexity index is 371. The molecule has 1 N–H and O–H groups in total. The zero-order valence-electron chi connectivity index (χ0n) is 9.76. The van der Waals surface area contributed by atoms with E-state index in [1.54, 1.807) is 0 Å². The van der Waals surface area contributed by atoms with Crippen LogP contribution in [0.3, 0.4) is 0 Å². The predicted octanol–water partition coefficient (Wildman–Crippen LogP) is 1.95. The lowest BCUT2D eigenvalue weighted by Gasteiger charge is -2.14. The molecule has 0 fully saturated rings. The summed E-state index contributed by atoms with van der Waals surface area (Å²) in [6, 6.07) is 0. The van der Waals surface area contributed by atoms with Crippen LogP contribution in [0.4, 0.5) is 13.2 Å². The Kier molecular flexibility index (Phi) is 3.98. The van der Waals surface area contributed by atoms with Crippen molar-refractivity contribution in [3.05, 3.63) is 23.3 Å². The fraction of sp³-hybridized carbons (Fsp3) is 0.545. The van der Waals surface area contributed by atoms with Gasteiger partial charge in [0.2, 0.25) is 5.91 Å². The fourth-order valence-corrected chi connectivity index (χ4v) is 1.79. The van der Waals surface area contributed by atoms with Gasteiger partial charge in [0.1, 0.15) is 12.2 Å². The number of carbonyl (C=O) groups is 1. The van der Waals surface area contributed by atoms with Crippen LogP contribution in [0.25, 0.3) is 0 Å². The second-order valence-electron chi connectivity index (χ2n) is 3.27. The topological polar surface area (TPSA) is 38.3 Å². The number of hydrogen-bond donors (Lipinski definition) is 1. The third kappa shape index (κ3) is 2.36. The van der Waals surface area contributed by atoms with Crippen LogP contribution in [0.1, 0.15) is 13.8 Å². The van der Waals surface area contributed by atoms with Crippen LogP contribution in [0, 0.1) is 0 Å². The zero-order chi connectivity index (χ0) is 13.2. The summed E-state index contributed by atoms with van der Waals surface area (Å²) in [5, 5.41) is 2.18. The van der Waals surface area contributed by atoms with E-state index >= 15 is 0 Å². The van der Waals surface area contributed by atoms with Gasteiger partial charge < -0.3 is 10.1 Å². The van der Waals surface area contributed by atoms with Gasteiger partial charge in [-0.2, -0.15) is 13.2 Å². The highest BCUT2D eigenvalue weighted by atomic mass is 19.4. The molecule has 0 spiro atoms. The van der Waals surface area contributed by atoms with E-state index in [1.165, 1.54) is 19.2 Å². The van der Waals surface area contributed by atoms with Gasteiger partial charge in [-0.15, -0.1) is 0 Å². The van der Waals surface area contributed by atoms with Crippen molar-refractivity contribution in [3.63, 3.8) is 0 Å². The molecule has 0 aromatic heterocycles. The first-order valence-electron chi connectivity index (χ1n) is 5.32. The van der Waals surface area contributed by atoms with Gasteiger partial charge in [-0.25, -0.2) is 0 Å². The molecule has 2 aliphatic heterocycles. The van der Waals surface area contributed by atoms with E-state index in [0.717, 1.165) is 0 Å². The van der Waals surface area contributed by atoms with Crippen molar-refractivity contribution in [3.8, 4) is 0 Å². The molecule has 6 heteroatoms. The summed E-state index contributed by atoms with van der Waals surface area (Å²) < 4.78 is 42.8. The van der Waals surface area contributed by atoms with Gasteiger partial charge in [0.25, 0.3) is 0 Å². The Hall–Kier alpha value is -1.30. The van der Waals surface area contributed by atoms with Gasteiger partial charge in [-0.1, -0.05) is 26.0 Å². The third-order valence-corrected chi connectivity index (χ3v) is 2.39. The summed E-state index contributed by atoms with van der Waals surface area (Å²) in [5.74, 6) is -0.737. The molecule has 3 nitrogen and oxygen atoms in total. The molecule has 2 heterocycles. The minimum Gasteiger partial charge on any atom is -0.357 e. The molecule has 2 bridgehead atoms. The Morgan fingerprint density at radius 1 is 1.29 bits per heavy atom. The summed E-state index contributed by atoms with van der Waals surface area (Å²) in [5.41, 5.74) is -1.20. The maximum Gasteiger partial charge on any atom is 0.416 e. The van der Waals surface area contributed by atoms with Crippen molar-refractivity contribution in [1.82, 2.24) is 5.32 Å². The number of hydrogen-bond acceptors (Lipinski definition) is 2. The number of likely N-dealkylation sites (N-methyl/N-ethyl adjacent to an activating group) is 1. The molecule has 0 saturated heterocycles. The van der Waals surface area contributed by atoms with Crippen molar-refractivity contribution < 1.29 is 22.7 Å². The molecule has 0 radical (unpaired) electrons. The first-order chi connectivity index (χ1) is 7.95. The lowest BCUT2D eigenvalue weighted by molar-refractivity contribution is -0.119. The molecule has 2 aliphatic rings. The van der Waals surface area contributed by atoms with E-state index in [2.05, 4.69) is 5.32 Å². The zero-order valence-corrected chi connectivity index (χ0v) is 9.76. The van der Waals surface area contributed by atoms with Crippen LogP contribution in [0.5, 0.6) is 0 Å². The molecule has 1 amide bonds. The number of amides is 1. The van der Waals surface area contributed by atoms with Crippen molar-refractivity contribution in [2.75, 3.05) is 7.05 Å². The number of rotatable bonds is 1. The SMILES string of the molecule is CC.CNC(=O)C1=C(C(F)(F)F)C2C=CC1O2. The standard InChI is InChI=1S/C9H8F3NO2.C2H6/c1-13-8(14)6-4-2-3-5(15-4)7(6)9(10,11)12;1-2/h2-5H,1H3,(H,13,14);1-2H3. The molecular weight excluding hydrogens is 235 g/mol. The lowest BCUT2D eigenvalue weighted by atomic mass is 9.96. The van der Waals surface area contributed by atoms with Crippen molar-refractivity contribution >= 4 is 5.91 Å². The Morgan fingerprint density at radius 2 is 1.82 bits per heavy atom. The number of ether oxygens (including phenoxy) is 1. The van der Waals surface area contributed by atoms with E-state index in [4.69, 9.17) is 4.74 Å². The quantitative estimate of drug-likeness (QED) is 0.721. The summed E-state index contributed by atoms with van der Waals surface area (Å²) in [4.78, 5) is 11.3. The highest BCUT2D eigenvalue weighted by Gasteiger charge is 2.51. The number of halogens is 3. The molecule has 0 aromatic rings. The van der Waals surface area contributed by atoms with Gasteiger partial charge in [-0.05, 0) is 0 Å². The molecule has 0 saturated carbocycles. The fourth-order valence-electron chi connectivity index (χ4n) is 1.79. The second kappa shape index (κ2) is 4.91. The van der Waals surface area contributed by atoms with Crippen LogP contribution < -0.4 is 5.32 Å². The summed E-state index contributed by atoms with van der Waals surface area (Å²) in [6.07, 6.45) is -3.72. The van der Waals surface area contributed by atoms with Crippen LogP contribution in [-0.2, 0) is 9.53 Å². The van der Waals surface area contributed by atoms with E-state index in [1.807, 2.05) is 13.8 Å². The van der Waals surface area contributed by atoms with Crippen LogP contribution >= 0.6 is 0 Å². The number of fused-ring (bicyclic) bond motifs is 2. The van der Waals surface area contributed by atoms with Crippen molar-refractivity contribution in [2.24, 2.45) is 0 Å². The highest BCUT2D eigenvalue weighted by molar-refractivity contribution is 5.97. The molecular formula is C11H14F3NO2. The average Bonchev–Trinajstić information content (AvgIpc) is 2.89. The predicted molar refractivity (Wildman–Crippen MR) is 56.3 cm³/mol. The molecule has 0 aromatic carbocycles. The maximum atomic E-state index is 12.6. The lowest BCUT2D eigenvalue weighted by Crippen LogP contribution is -2.29. The average molecular weight is 249 g/mol. The van der Waals surface area contributed by atoms with E-state index < -0.39 is 29.9 Å². The molecule has 17 heavy (non-hydrogen) atoms. The van der Waals surface area contributed by atoms with Gasteiger partial charge >= 0.3 is 6.18 Å². The Balaban J connectivity index is 0.000000686. The molecule has 96 valence electrons. The van der Waals surface area contributed by atoms with Gasteiger partial charge in [0.15, 0.2) is 0 Å². The van der Waals surface area contributed by atoms with Crippen molar-refractivity contribution in [1.29, 1.82) is 0 Å². The summed E-state index contributed by atoms with van der Waals surface area (Å²) >= 11 is 0. The van der Waals surface area contributed by atoms with E-state index in [-0.39, 0.29) is 5.57 Å². The monoisotopic (exact) mass is 249 g/mol. The first-order valence-corrected chi connectivity index (χ1v) is 5.32. The summed E-state index contributed by atoms with van der Waals surface area (Å²) in [7, 11) is 1.29. The molecule has 2 unspecified atom stereocenters. The first kappa shape index (κ1) is 13.8. The van der Waals surface area contributed by atoms with Crippen LogP contribution in [0.15, 0.2) is 23.3 Å². The Labute approximate surface area is 97.3 Å². The minimum atomic E-state index is -4.52. The van der Waals surface area contributed by atoms with Gasteiger partial charge in [-0.3, -0.25) is 4.79 Å². The number of alkyl halides is 3. The molecule has 0 aliphatic carbocycles. The van der Waals surface area contributed by atoms with Gasteiger partial charge in [0, 0.05) is 7.05 Å².